The van der Waals surface area contributed by atoms with Gasteiger partial charge in [0.2, 0.25) is 11.8 Å². The summed E-state index contributed by atoms with van der Waals surface area (Å²) in [7, 11) is 0. The summed E-state index contributed by atoms with van der Waals surface area (Å²) in [4.78, 5) is 63.4. The van der Waals surface area contributed by atoms with Gasteiger partial charge in [-0.25, -0.2) is 4.79 Å². The van der Waals surface area contributed by atoms with Crippen LogP contribution in [0.4, 0.5) is 5.69 Å². The zero-order valence-corrected chi connectivity index (χ0v) is 20.0. The van der Waals surface area contributed by atoms with Crippen LogP contribution in [-0.4, -0.2) is 60.7 Å². The van der Waals surface area contributed by atoms with Crippen LogP contribution in [0.5, 0.6) is 0 Å². The van der Waals surface area contributed by atoms with Crippen molar-refractivity contribution in [1.29, 1.82) is 0 Å². The highest BCUT2D eigenvalue weighted by molar-refractivity contribution is 6.07. The zero-order valence-electron chi connectivity index (χ0n) is 20.0. The minimum absolute atomic E-state index is 0.0581. The Morgan fingerprint density at radius 2 is 1.63 bits per heavy atom. The molecule has 2 rings (SSSR count). The van der Waals surface area contributed by atoms with Gasteiger partial charge in [-0.05, 0) is 19.4 Å². The van der Waals surface area contributed by atoms with Gasteiger partial charge in [0.05, 0.1) is 23.6 Å². The van der Waals surface area contributed by atoms with E-state index in [-0.39, 0.29) is 49.4 Å². The molecular weight excluding hydrogens is 460 g/mol. The van der Waals surface area contributed by atoms with E-state index in [1.807, 2.05) is 0 Å². The molecule has 2 unspecified atom stereocenters. The van der Waals surface area contributed by atoms with E-state index in [1.165, 1.54) is 32.0 Å². The number of rotatable bonds is 10. The van der Waals surface area contributed by atoms with Crippen LogP contribution in [0.2, 0.25) is 0 Å². The summed E-state index contributed by atoms with van der Waals surface area (Å²) >= 11 is 0. The fraction of sp³-hybridized carbons (Fsp3) is 0.435. The number of nitrogens with zero attached hydrogens (tertiary/aromatic N) is 2. The van der Waals surface area contributed by atoms with Gasteiger partial charge in [0.15, 0.2) is 0 Å². The first-order valence-corrected chi connectivity index (χ1v) is 10.9. The first-order valence-electron chi connectivity index (χ1n) is 10.9. The van der Waals surface area contributed by atoms with Crippen molar-refractivity contribution in [2.45, 2.75) is 33.6 Å². The molecule has 1 heterocycles. The zero-order chi connectivity index (χ0) is 26.1. The number of hydrogen-bond donors (Lipinski definition) is 2. The molecule has 12 nitrogen and oxygen atoms in total. The lowest BCUT2D eigenvalue weighted by atomic mass is 9.75. The summed E-state index contributed by atoms with van der Waals surface area (Å²) < 4.78 is 10.6. The molecule has 0 radical (unpaired) electrons. The topological polar surface area (TPSA) is 166 Å². The number of aliphatic imine (C=N–C) groups is 1. The second kappa shape index (κ2) is 12.4. The quantitative estimate of drug-likeness (QED) is 0.216. The summed E-state index contributed by atoms with van der Waals surface area (Å²) in [5.74, 6) is -4.06. The van der Waals surface area contributed by atoms with E-state index in [9.17, 15) is 29.3 Å². The molecule has 0 fully saturated rings. The first-order chi connectivity index (χ1) is 16.5. The molecular formula is C23H28N4O8. The highest BCUT2D eigenvalue weighted by atomic mass is 16.6. The molecule has 0 aromatic heterocycles. The predicted molar refractivity (Wildman–Crippen MR) is 124 cm³/mol. The fourth-order valence-electron chi connectivity index (χ4n) is 3.72. The molecule has 0 saturated carbocycles. The maximum Gasteiger partial charge on any atom is 0.336 e. The highest BCUT2D eigenvalue weighted by Gasteiger charge is 2.42. The number of esters is 2. The second-order valence-corrected chi connectivity index (χ2v) is 7.83. The van der Waals surface area contributed by atoms with Crippen LogP contribution >= 0.6 is 0 Å². The minimum Gasteiger partial charge on any atom is -0.463 e. The number of non-ortho nitro benzene ring substituents is 1. The second-order valence-electron chi connectivity index (χ2n) is 7.83. The van der Waals surface area contributed by atoms with Crippen molar-refractivity contribution >= 4 is 35.2 Å². The van der Waals surface area contributed by atoms with Crippen LogP contribution in [-0.2, 0) is 28.7 Å². The summed E-state index contributed by atoms with van der Waals surface area (Å²) in [5.41, 5.74) is 0.841. The number of amides is 2. The van der Waals surface area contributed by atoms with E-state index in [0.717, 1.165) is 0 Å². The van der Waals surface area contributed by atoms with Crippen molar-refractivity contribution in [2.24, 2.45) is 10.9 Å². The number of nitro groups is 1. The van der Waals surface area contributed by atoms with Crippen LogP contribution in [0.15, 0.2) is 40.5 Å². The Balaban J connectivity index is 2.42. The molecule has 1 aromatic rings. The standard InChI is InChI=1S/C23H28N4O8/c1-13-19(22(30)34-10-8-24-15(3)28)21(17-6-5-7-18(12-17)27(32)33)20(14(2)26-13)23(31)35-11-9-25-16(4)29/h5-7,12,19,21H,8-11H2,1-4H3,(H,24,28)(H,25,29). The molecule has 188 valence electrons. The third-order valence-corrected chi connectivity index (χ3v) is 5.17. The largest absolute Gasteiger partial charge is 0.463 e. The minimum atomic E-state index is -1.06. The SMILES string of the molecule is CC(=O)NCCOC(=O)C1=C(C)N=C(C)C(C(=O)OCCNC(C)=O)C1c1cccc([N+](=O)[O-])c1. The number of carbonyl (C=O) groups is 4. The summed E-state index contributed by atoms with van der Waals surface area (Å²) in [6, 6.07) is 5.63. The van der Waals surface area contributed by atoms with Gasteiger partial charge in [-0.3, -0.25) is 29.5 Å². The van der Waals surface area contributed by atoms with Gasteiger partial charge < -0.3 is 20.1 Å². The van der Waals surface area contributed by atoms with E-state index in [4.69, 9.17) is 9.47 Å². The van der Waals surface area contributed by atoms with Gasteiger partial charge in [-0.2, -0.15) is 0 Å². The smallest absolute Gasteiger partial charge is 0.336 e. The molecule has 35 heavy (non-hydrogen) atoms. The number of hydrogen-bond acceptors (Lipinski definition) is 9. The average Bonchev–Trinajstić information content (AvgIpc) is 2.78. The molecule has 12 heteroatoms. The van der Waals surface area contributed by atoms with Crippen molar-refractivity contribution in [3.05, 3.63) is 51.2 Å². The maximum atomic E-state index is 13.1. The monoisotopic (exact) mass is 488 g/mol. The molecule has 0 saturated heterocycles. The van der Waals surface area contributed by atoms with Crippen molar-refractivity contribution in [1.82, 2.24) is 10.6 Å². The van der Waals surface area contributed by atoms with Crippen molar-refractivity contribution in [3.8, 4) is 0 Å². The van der Waals surface area contributed by atoms with Crippen molar-refractivity contribution in [2.75, 3.05) is 26.3 Å². The number of allylic oxidation sites excluding steroid dienone is 1. The Labute approximate surface area is 201 Å². The maximum absolute atomic E-state index is 13.1. The lowest BCUT2D eigenvalue weighted by Crippen LogP contribution is -2.38. The van der Waals surface area contributed by atoms with Crippen LogP contribution < -0.4 is 10.6 Å². The van der Waals surface area contributed by atoms with Crippen LogP contribution in [0.3, 0.4) is 0 Å². The highest BCUT2D eigenvalue weighted by Crippen LogP contribution is 2.40. The number of carbonyl (C=O) groups excluding carboxylic acids is 4. The van der Waals surface area contributed by atoms with Crippen LogP contribution in [0.1, 0.15) is 39.2 Å². The Kier molecular flexibility index (Phi) is 9.62. The summed E-state index contributed by atoms with van der Waals surface area (Å²) in [5, 5.41) is 16.4. The molecule has 2 amide bonds. The number of nitro benzene ring substituents is 1. The predicted octanol–water partition coefficient (Wildman–Crippen LogP) is 1.40. The third kappa shape index (κ3) is 7.45. The Morgan fingerprint density at radius 3 is 2.20 bits per heavy atom. The lowest BCUT2D eigenvalue weighted by molar-refractivity contribution is -0.384. The normalized spacial score (nSPS) is 17.2. The molecule has 0 aliphatic carbocycles. The molecule has 1 aliphatic rings. The Hall–Kier alpha value is -4.09. The number of nitrogens with one attached hydrogen (secondary N) is 2. The molecule has 2 atom stereocenters. The van der Waals surface area contributed by atoms with Gasteiger partial charge in [0.25, 0.3) is 5.69 Å². The van der Waals surface area contributed by atoms with Crippen molar-refractivity contribution in [3.63, 3.8) is 0 Å². The van der Waals surface area contributed by atoms with Gasteiger partial charge >= 0.3 is 11.9 Å². The van der Waals surface area contributed by atoms with Crippen LogP contribution in [0.25, 0.3) is 0 Å². The van der Waals surface area contributed by atoms with Crippen molar-refractivity contribution < 1.29 is 33.6 Å². The average molecular weight is 488 g/mol. The molecule has 0 spiro atoms. The van der Waals surface area contributed by atoms with E-state index < -0.39 is 28.7 Å². The molecule has 2 N–H and O–H groups in total. The van der Waals surface area contributed by atoms with E-state index in [0.29, 0.717) is 17.0 Å². The fourth-order valence-corrected chi connectivity index (χ4v) is 3.72. The molecule has 1 aliphatic heterocycles. The van der Waals surface area contributed by atoms with Crippen LogP contribution in [0, 0.1) is 16.0 Å². The molecule has 1 aromatic carbocycles. The van der Waals surface area contributed by atoms with Gasteiger partial charge in [0.1, 0.15) is 19.1 Å². The number of benzene rings is 1. The third-order valence-electron chi connectivity index (χ3n) is 5.17. The van der Waals surface area contributed by atoms with Gasteiger partial charge in [-0.1, -0.05) is 12.1 Å². The Bertz CT molecular complexity index is 1080. The van der Waals surface area contributed by atoms with E-state index in [1.54, 1.807) is 19.9 Å². The first kappa shape index (κ1) is 27.2. The number of ether oxygens (including phenoxy) is 2. The summed E-state index contributed by atoms with van der Waals surface area (Å²) in [6.45, 7) is 5.80. The molecule has 0 bridgehead atoms. The summed E-state index contributed by atoms with van der Waals surface area (Å²) in [6.07, 6.45) is 0. The van der Waals surface area contributed by atoms with Gasteiger partial charge in [-0.15, -0.1) is 0 Å². The Morgan fingerprint density at radius 1 is 1.03 bits per heavy atom. The lowest BCUT2D eigenvalue weighted by Gasteiger charge is -2.31. The van der Waals surface area contributed by atoms with E-state index in [2.05, 4.69) is 15.6 Å². The van der Waals surface area contributed by atoms with Gasteiger partial charge in [0, 0.05) is 43.3 Å². The van der Waals surface area contributed by atoms with E-state index >= 15 is 0 Å².